The van der Waals surface area contributed by atoms with Crippen LogP contribution in [-0.2, 0) is 10.0 Å². The maximum Gasteiger partial charge on any atom is 0.266 e. The number of rotatable bonds is 1. The number of fused-ring (bicyclic) bond motifs is 1. The van der Waals surface area contributed by atoms with E-state index in [0.29, 0.717) is 22.6 Å². The summed E-state index contributed by atoms with van der Waals surface area (Å²) in [6, 6.07) is 11.4. The molecule has 2 heterocycles. The molecule has 2 aromatic rings. The van der Waals surface area contributed by atoms with Crippen molar-refractivity contribution in [1.82, 2.24) is 3.97 Å². The average Bonchev–Trinajstić information content (AvgIpc) is 2.85. The molecule has 0 unspecified atom stereocenters. The standard InChI is InChI=1S/C15H13N3O2S/c1-10-11(2)21(19,20)18-9-14(12-6-4-3-5-7-12)13(8-16)15(18)17-10/h3-7,9,17H,1-2H3. The van der Waals surface area contributed by atoms with E-state index in [2.05, 4.69) is 11.4 Å². The Morgan fingerprint density at radius 1 is 1.19 bits per heavy atom. The molecular weight excluding hydrogens is 286 g/mol. The van der Waals surface area contributed by atoms with Gasteiger partial charge < -0.3 is 5.32 Å². The zero-order valence-corrected chi connectivity index (χ0v) is 12.4. The number of allylic oxidation sites excluding steroid dienone is 2. The molecule has 1 aromatic heterocycles. The third-order valence-electron chi connectivity index (χ3n) is 3.65. The molecule has 6 heteroatoms. The molecule has 106 valence electrons. The first-order valence-electron chi connectivity index (χ1n) is 6.37. The molecule has 1 N–H and O–H groups in total. The minimum Gasteiger partial charge on any atom is -0.343 e. The number of hydrogen-bond acceptors (Lipinski definition) is 4. The highest BCUT2D eigenvalue weighted by Gasteiger charge is 2.30. The fourth-order valence-electron chi connectivity index (χ4n) is 2.35. The molecule has 0 aliphatic carbocycles. The minimum atomic E-state index is -3.61. The minimum absolute atomic E-state index is 0.258. The highest BCUT2D eigenvalue weighted by molar-refractivity contribution is 7.94. The summed E-state index contributed by atoms with van der Waals surface area (Å²) >= 11 is 0. The van der Waals surface area contributed by atoms with Crippen LogP contribution >= 0.6 is 0 Å². The summed E-state index contributed by atoms with van der Waals surface area (Å²) in [4.78, 5) is 0.258. The number of nitrogens with one attached hydrogen (secondary N) is 1. The first kappa shape index (κ1) is 13.5. The number of anilines is 1. The predicted octanol–water partition coefficient (Wildman–Crippen LogP) is 2.88. The van der Waals surface area contributed by atoms with Gasteiger partial charge in [0.05, 0.1) is 4.91 Å². The highest BCUT2D eigenvalue weighted by Crippen LogP contribution is 2.37. The van der Waals surface area contributed by atoms with Gasteiger partial charge in [0.15, 0.2) is 0 Å². The van der Waals surface area contributed by atoms with E-state index in [1.54, 1.807) is 13.8 Å². The molecule has 0 saturated heterocycles. The Bertz CT molecular complexity index is 900. The van der Waals surface area contributed by atoms with Gasteiger partial charge in [0, 0.05) is 17.5 Å². The SMILES string of the molecule is CC1=C(C)S(=O)(=O)n2cc(-c3ccccc3)c(C#N)c2N1. The Balaban J connectivity index is 2.33. The van der Waals surface area contributed by atoms with Crippen LogP contribution in [0.3, 0.4) is 0 Å². The Morgan fingerprint density at radius 3 is 2.48 bits per heavy atom. The van der Waals surface area contributed by atoms with Crippen LogP contribution in [0.25, 0.3) is 11.1 Å². The number of benzene rings is 1. The van der Waals surface area contributed by atoms with Crippen molar-refractivity contribution in [3.8, 4) is 17.2 Å². The summed E-state index contributed by atoms with van der Waals surface area (Å²) in [5, 5.41) is 12.4. The molecule has 1 aliphatic rings. The van der Waals surface area contributed by atoms with Gasteiger partial charge in [-0.3, -0.25) is 0 Å². The van der Waals surface area contributed by atoms with Crippen LogP contribution < -0.4 is 5.32 Å². The van der Waals surface area contributed by atoms with Gasteiger partial charge in [0.25, 0.3) is 10.0 Å². The van der Waals surface area contributed by atoms with Crippen molar-refractivity contribution < 1.29 is 8.42 Å². The van der Waals surface area contributed by atoms with Crippen molar-refractivity contribution in [2.24, 2.45) is 0 Å². The summed E-state index contributed by atoms with van der Waals surface area (Å²) in [7, 11) is -3.61. The number of hydrogen-bond donors (Lipinski definition) is 1. The van der Waals surface area contributed by atoms with Crippen molar-refractivity contribution in [2.75, 3.05) is 5.32 Å². The fraction of sp³-hybridized carbons (Fsp3) is 0.133. The van der Waals surface area contributed by atoms with E-state index < -0.39 is 10.0 Å². The monoisotopic (exact) mass is 299 g/mol. The van der Waals surface area contributed by atoms with Crippen LogP contribution in [0.15, 0.2) is 47.1 Å². The fourth-order valence-corrected chi connectivity index (χ4v) is 3.70. The summed E-state index contributed by atoms with van der Waals surface area (Å²) in [5.41, 5.74) is 2.28. The van der Waals surface area contributed by atoms with Crippen molar-refractivity contribution in [2.45, 2.75) is 13.8 Å². The molecule has 0 amide bonds. The van der Waals surface area contributed by atoms with E-state index in [9.17, 15) is 13.7 Å². The Kier molecular flexibility index (Phi) is 2.88. The summed E-state index contributed by atoms with van der Waals surface area (Å²) in [6.45, 7) is 3.24. The van der Waals surface area contributed by atoms with E-state index >= 15 is 0 Å². The number of nitrogens with zero attached hydrogens (tertiary/aromatic N) is 2. The lowest BCUT2D eigenvalue weighted by Crippen LogP contribution is -2.23. The molecule has 3 rings (SSSR count). The second kappa shape index (κ2) is 4.50. The van der Waals surface area contributed by atoms with Gasteiger partial charge in [0.1, 0.15) is 17.5 Å². The molecule has 0 atom stereocenters. The van der Waals surface area contributed by atoms with Gasteiger partial charge >= 0.3 is 0 Å². The quantitative estimate of drug-likeness (QED) is 0.878. The van der Waals surface area contributed by atoms with Crippen LogP contribution in [0.5, 0.6) is 0 Å². The molecule has 1 aliphatic heterocycles. The zero-order chi connectivity index (χ0) is 15.2. The van der Waals surface area contributed by atoms with Crippen molar-refractivity contribution in [3.63, 3.8) is 0 Å². The molecule has 0 radical (unpaired) electrons. The van der Waals surface area contributed by atoms with E-state index in [1.165, 1.54) is 6.20 Å². The lowest BCUT2D eigenvalue weighted by molar-refractivity contribution is 0.593. The van der Waals surface area contributed by atoms with E-state index in [-0.39, 0.29) is 4.91 Å². The second-order valence-electron chi connectivity index (χ2n) is 4.85. The summed E-state index contributed by atoms with van der Waals surface area (Å²) in [6.07, 6.45) is 1.50. The number of aromatic nitrogens is 1. The maximum atomic E-state index is 12.5. The molecule has 0 saturated carbocycles. The van der Waals surface area contributed by atoms with Crippen LogP contribution in [0.1, 0.15) is 19.4 Å². The molecule has 21 heavy (non-hydrogen) atoms. The molecule has 0 bridgehead atoms. The second-order valence-corrected chi connectivity index (χ2v) is 6.81. The zero-order valence-electron chi connectivity index (χ0n) is 11.6. The lowest BCUT2D eigenvalue weighted by atomic mass is 10.1. The molecule has 0 spiro atoms. The normalized spacial score (nSPS) is 16.0. The molecular formula is C15H13N3O2S. The number of nitriles is 1. The Labute approximate surface area is 123 Å². The van der Waals surface area contributed by atoms with Crippen LogP contribution in [-0.4, -0.2) is 12.4 Å². The van der Waals surface area contributed by atoms with Crippen molar-refractivity contribution in [1.29, 1.82) is 5.26 Å². The highest BCUT2D eigenvalue weighted by atomic mass is 32.2. The van der Waals surface area contributed by atoms with Gasteiger partial charge in [-0.2, -0.15) is 5.26 Å². The first-order chi connectivity index (χ1) is 9.96. The summed E-state index contributed by atoms with van der Waals surface area (Å²) in [5.74, 6) is 0.305. The van der Waals surface area contributed by atoms with E-state index in [1.807, 2.05) is 30.3 Å². The van der Waals surface area contributed by atoms with Gasteiger partial charge in [-0.25, -0.2) is 12.4 Å². The third-order valence-corrected chi connectivity index (χ3v) is 5.54. The predicted molar refractivity (Wildman–Crippen MR) is 80.9 cm³/mol. The van der Waals surface area contributed by atoms with E-state index in [0.717, 1.165) is 9.54 Å². The molecule has 1 aromatic carbocycles. The summed E-state index contributed by atoms with van der Waals surface area (Å²) < 4.78 is 26.1. The Hall–Kier alpha value is -2.52. The largest absolute Gasteiger partial charge is 0.343 e. The van der Waals surface area contributed by atoms with Gasteiger partial charge in [-0.15, -0.1) is 0 Å². The topological polar surface area (TPSA) is 74.9 Å². The molecule has 5 nitrogen and oxygen atoms in total. The van der Waals surface area contributed by atoms with Crippen LogP contribution in [0, 0.1) is 11.3 Å². The third kappa shape index (κ3) is 1.86. The lowest BCUT2D eigenvalue weighted by Gasteiger charge is -2.20. The van der Waals surface area contributed by atoms with E-state index in [4.69, 9.17) is 0 Å². The van der Waals surface area contributed by atoms with Crippen LogP contribution in [0.2, 0.25) is 0 Å². The van der Waals surface area contributed by atoms with Crippen LogP contribution in [0.4, 0.5) is 5.82 Å². The van der Waals surface area contributed by atoms with Crippen molar-refractivity contribution >= 4 is 15.8 Å². The van der Waals surface area contributed by atoms with Gasteiger partial charge in [-0.1, -0.05) is 30.3 Å². The van der Waals surface area contributed by atoms with Crippen molar-refractivity contribution in [3.05, 3.63) is 52.7 Å². The van der Waals surface area contributed by atoms with Gasteiger partial charge in [0.2, 0.25) is 0 Å². The maximum absolute atomic E-state index is 12.5. The first-order valence-corrected chi connectivity index (χ1v) is 7.81. The smallest absolute Gasteiger partial charge is 0.266 e. The Morgan fingerprint density at radius 2 is 1.86 bits per heavy atom. The molecule has 0 fully saturated rings. The van der Waals surface area contributed by atoms with Gasteiger partial charge in [-0.05, 0) is 19.4 Å². The average molecular weight is 299 g/mol.